The highest BCUT2D eigenvalue weighted by molar-refractivity contribution is 7.93. The summed E-state index contributed by atoms with van der Waals surface area (Å²) in [5.74, 6) is 0. The van der Waals surface area contributed by atoms with Crippen LogP contribution in [-0.2, 0) is 20.0 Å². The zero-order valence-corrected chi connectivity index (χ0v) is 13.7. The highest BCUT2D eigenvalue weighted by atomic mass is 32.2. The second kappa shape index (κ2) is 6.00. The second-order valence-electron chi connectivity index (χ2n) is 4.65. The van der Waals surface area contributed by atoms with Gasteiger partial charge in [-0.15, -0.1) is 0 Å². The standard InChI is InChI=1S/C14H13N3O4S2/c1-17(12-5-2-4-11(8-12)10-15)23(20,21)14-7-3-6-13(9-14)22(16,18)19/h2-9H,1H3,(H2,16,18,19). The number of nitrogens with two attached hydrogens (primary N) is 1. The van der Waals surface area contributed by atoms with E-state index in [9.17, 15) is 16.8 Å². The molecule has 0 aromatic heterocycles. The van der Waals surface area contributed by atoms with E-state index in [1.807, 2.05) is 6.07 Å². The zero-order valence-electron chi connectivity index (χ0n) is 12.0. The maximum atomic E-state index is 12.6. The van der Waals surface area contributed by atoms with Gasteiger partial charge in [0.1, 0.15) is 0 Å². The van der Waals surface area contributed by atoms with Gasteiger partial charge in [0.05, 0.1) is 27.1 Å². The first-order valence-corrected chi connectivity index (χ1v) is 9.27. The molecule has 0 atom stereocenters. The fraction of sp³-hybridized carbons (Fsp3) is 0.0714. The van der Waals surface area contributed by atoms with Gasteiger partial charge in [-0.3, -0.25) is 4.31 Å². The van der Waals surface area contributed by atoms with Crippen LogP contribution in [0.5, 0.6) is 0 Å². The van der Waals surface area contributed by atoms with Crippen LogP contribution in [0.4, 0.5) is 5.69 Å². The summed E-state index contributed by atoms with van der Waals surface area (Å²) in [4.78, 5) is -0.508. The normalized spacial score (nSPS) is 11.7. The molecule has 0 unspecified atom stereocenters. The average molecular weight is 351 g/mol. The number of nitriles is 1. The van der Waals surface area contributed by atoms with Crippen molar-refractivity contribution in [2.45, 2.75) is 9.79 Å². The van der Waals surface area contributed by atoms with Crippen molar-refractivity contribution in [3.63, 3.8) is 0 Å². The van der Waals surface area contributed by atoms with Gasteiger partial charge >= 0.3 is 0 Å². The van der Waals surface area contributed by atoms with Crippen LogP contribution in [0.3, 0.4) is 0 Å². The van der Waals surface area contributed by atoms with E-state index in [2.05, 4.69) is 0 Å². The van der Waals surface area contributed by atoms with Crippen molar-refractivity contribution in [1.82, 2.24) is 0 Å². The summed E-state index contributed by atoms with van der Waals surface area (Å²) in [5, 5.41) is 13.9. The van der Waals surface area contributed by atoms with Crippen molar-refractivity contribution in [2.75, 3.05) is 11.4 Å². The van der Waals surface area contributed by atoms with E-state index in [-0.39, 0.29) is 15.5 Å². The fourth-order valence-electron chi connectivity index (χ4n) is 1.88. The first-order valence-electron chi connectivity index (χ1n) is 6.28. The van der Waals surface area contributed by atoms with Gasteiger partial charge in [0.2, 0.25) is 10.0 Å². The van der Waals surface area contributed by atoms with E-state index < -0.39 is 20.0 Å². The Balaban J connectivity index is 2.52. The van der Waals surface area contributed by atoms with Crippen LogP contribution in [0.2, 0.25) is 0 Å². The third-order valence-corrected chi connectivity index (χ3v) is 5.82. The highest BCUT2D eigenvalue weighted by Gasteiger charge is 2.23. The van der Waals surface area contributed by atoms with Crippen LogP contribution in [0, 0.1) is 11.3 Å². The molecule has 0 heterocycles. The van der Waals surface area contributed by atoms with Crippen molar-refractivity contribution in [3.05, 3.63) is 54.1 Å². The Kier molecular flexibility index (Phi) is 4.42. The Labute approximate surface area is 134 Å². The van der Waals surface area contributed by atoms with Gasteiger partial charge in [0.15, 0.2) is 0 Å². The molecular weight excluding hydrogens is 338 g/mol. The SMILES string of the molecule is CN(c1cccc(C#N)c1)S(=O)(=O)c1cccc(S(N)(=O)=O)c1. The fourth-order valence-corrected chi connectivity index (χ4v) is 3.75. The molecule has 0 saturated heterocycles. The van der Waals surface area contributed by atoms with Crippen LogP contribution in [-0.4, -0.2) is 23.9 Å². The molecule has 0 bridgehead atoms. The quantitative estimate of drug-likeness (QED) is 0.881. The largest absolute Gasteiger partial charge is 0.269 e. The van der Waals surface area contributed by atoms with Crippen LogP contribution in [0.15, 0.2) is 58.3 Å². The highest BCUT2D eigenvalue weighted by Crippen LogP contribution is 2.24. The molecule has 0 aliphatic carbocycles. The Morgan fingerprint density at radius 3 is 2.22 bits per heavy atom. The predicted octanol–water partition coefficient (Wildman–Crippen LogP) is 1.03. The molecule has 120 valence electrons. The van der Waals surface area contributed by atoms with Gasteiger partial charge in [-0.05, 0) is 36.4 Å². The third-order valence-electron chi connectivity index (χ3n) is 3.13. The van der Waals surface area contributed by atoms with Crippen LogP contribution in [0.1, 0.15) is 5.56 Å². The minimum atomic E-state index is -4.01. The monoisotopic (exact) mass is 351 g/mol. The number of rotatable bonds is 4. The van der Waals surface area contributed by atoms with Crippen molar-refractivity contribution >= 4 is 25.7 Å². The van der Waals surface area contributed by atoms with Crippen molar-refractivity contribution < 1.29 is 16.8 Å². The number of hydrogen-bond donors (Lipinski definition) is 1. The number of hydrogen-bond acceptors (Lipinski definition) is 5. The molecule has 0 aliphatic rings. The molecule has 2 rings (SSSR count). The minimum Gasteiger partial charge on any atom is -0.269 e. The number of primary sulfonamides is 1. The Morgan fingerprint density at radius 2 is 1.61 bits per heavy atom. The molecule has 0 amide bonds. The molecule has 2 N–H and O–H groups in total. The van der Waals surface area contributed by atoms with E-state index in [0.29, 0.717) is 5.56 Å². The predicted molar refractivity (Wildman–Crippen MR) is 84.6 cm³/mol. The van der Waals surface area contributed by atoms with Gasteiger partial charge in [-0.25, -0.2) is 22.0 Å². The summed E-state index contributed by atoms with van der Waals surface area (Å²) >= 11 is 0. The Hall–Kier alpha value is -2.41. The maximum Gasteiger partial charge on any atom is 0.264 e. The zero-order chi connectivity index (χ0) is 17.3. The molecule has 2 aromatic carbocycles. The number of anilines is 1. The van der Waals surface area contributed by atoms with E-state index in [1.54, 1.807) is 12.1 Å². The molecule has 9 heteroatoms. The first kappa shape index (κ1) is 17.0. The van der Waals surface area contributed by atoms with Crippen molar-refractivity contribution in [2.24, 2.45) is 5.14 Å². The lowest BCUT2D eigenvalue weighted by Gasteiger charge is -2.20. The van der Waals surface area contributed by atoms with Gasteiger partial charge in [-0.2, -0.15) is 5.26 Å². The Bertz CT molecular complexity index is 993. The minimum absolute atomic E-state index is 0.214. The van der Waals surface area contributed by atoms with Gasteiger partial charge in [0.25, 0.3) is 10.0 Å². The lowest BCUT2D eigenvalue weighted by Crippen LogP contribution is -2.27. The molecule has 2 aromatic rings. The van der Waals surface area contributed by atoms with E-state index in [1.165, 1.54) is 37.4 Å². The molecule has 0 fully saturated rings. The summed E-state index contributed by atoms with van der Waals surface area (Å²) in [6.45, 7) is 0. The van der Waals surface area contributed by atoms with Crippen molar-refractivity contribution in [3.8, 4) is 6.07 Å². The maximum absolute atomic E-state index is 12.6. The molecule has 7 nitrogen and oxygen atoms in total. The lowest BCUT2D eigenvalue weighted by atomic mass is 10.2. The average Bonchev–Trinajstić information content (AvgIpc) is 2.53. The molecule has 0 radical (unpaired) electrons. The van der Waals surface area contributed by atoms with E-state index in [4.69, 9.17) is 10.4 Å². The smallest absolute Gasteiger partial charge is 0.264 e. The van der Waals surface area contributed by atoms with E-state index in [0.717, 1.165) is 10.4 Å². The van der Waals surface area contributed by atoms with Crippen LogP contribution >= 0.6 is 0 Å². The van der Waals surface area contributed by atoms with Gasteiger partial charge in [0, 0.05) is 7.05 Å². The molecule has 0 spiro atoms. The molecule has 0 saturated carbocycles. The topological polar surface area (TPSA) is 121 Å². The second-order valence-corrected chi connectivity index (χ2v) is 8.19. The number of benzene rings is 2. The first-order chi connectivity index (χ1) is 10.7. The molecule has 0 aliphatic heterocycles. The number of sulfonamides is 2. The van der Waals surface area contributed by atoms with Crippen LogP contribution in [0.25, 0.3) is 0 Å². The van der Waals surface area contributed by atoms with Crippen molar-refractivity contribution in [1.29, 1.82) is 5.26 Å². The Morgan fingerprint density at radius 1 is 1.00 bits per heavy atom. The summed E-state index contributed by atoms with van der Waals surface area (Å²) in [5.41, 5.74) is 0.591. The number of nitrogens with zero attached hydrogens (tertiary/aromatic N) is 2. The summed E-state index contributed by atoms with van der Waals surface area (Å²) < 4.78 is 48.9. The van der Waals surface area contributed by atoms with Gasteiger partial charge < -0.3 is 0 Å². The van der Waals surface area contributed by atoms with E-state index >= 15 is 0 Å². The lowest BCUT2D eigenvalue weighted by molar-refractivity contribution is 0.593. The van der Waals surface area contributed by atoms with Gasteiger partial charge in [-0.1, -0.05) is 12.1 Å². The summed E-state index contributed by atoms with van der Waals surface area (Å²) in [6.07, 6.45) is 0. The van der Waals surface area contributed by atoms with Crippen LogP contribution < -0.4 is 9.44 Å². The molecule has 23 heavy (non-hydrogen) atoms. The summed E-state index contributed by atoms with van der Waals surface area (Å²) in [6, 6.07) is 12.8. The molecular formula is C14H13N3O4S2. The summed E-state index contributed by atoms with van der Waals surface area (Å²) in [7, 11) is -6.69. The third kappa shape index (κ3) is 3.50.